The number of benzene rings is 3. The van der Waals surface area contributed by atoms with E-state index in [4.69, 9.17) is 22.1 Å². The monoisotopic (exact) mass is 683 g/mol. The highest BCUT2D eigenvalue weighted by molar-refractivity contribution is 9.10. The maximum absolute atomic E-state index is 14.0. The van der Waals surface area contributed by atoms with Gasteiger partial charge in [0.15, 0.2) is 5.78 Å². The zero-order valence-corrected chi connectivity index (χ0v) is 26.9. The van der Waals surface area contributed by atoms with Gasteiger partial charge in [-0.05, 0) is 94.2 Å². The van der Waals surface area contributed by atoms with Gasteiger partial charge in [0.2, 0.25) is 0 Å². The number of carbonyl (C=O) groups excluding carboxylic acids is 1. The van der Waals surface area contributed by atoms with Crippen molar-refractivity contribution in [2.45, 2.75) is 59.2 Å². The van der Waals surface area contributed by atoms with Crippen molar-refractivity contribution in [1.82, 2.24) is 0 Å². The van der Waals surface area contributed by atoms with Gasteiger partial charge in [0.05, 0.1) is 38.3 Å². The van der Waals surface area contributed by atoms with Gasteiger partial charge < -0.3 is 10.5 Å². The van der Waals surface area contributed by atoms with Gasteiger partial charge in [0.1, 0.15) is 18.2 Å². The van der Waals surface area contributed by atoms with Gasteiger partial charge in [-0.25, -0.2) is 0 Å². The Morgan fingerprint density at radius 3 is 2.48 bits per heavy atom. The Labute approximate surface area is 267 Å². The molecule has 228 valence electrons. The molecule has 0 amide bonds. The Balaban J connectivity index is 1.71. The van der Waals surface area contributed by atoms with Crippen molar-refractivity contribution in [3.8, 4) is 11.8 Å². The molecular weight excluding hydrogens is 655 g/mol. The van der Waals surface area contributed by atoms with Crippen molar-refractivity contribution in [2.24, 2.45) is 11.1 Å². The minimum absolute atomic E-state index is 0.0115. The number of rotatable bonds is 5. The van der Waals surface area contributed by atoms with Crippen LogP contribution in [0.5, 0.6) is 5.75 Å². The molecule has 44 heavy (non-hydrogen) atoms. The lowest BCUT2D eigenvalue weighted by Crippen LogP contribution is -2.42. The van der Waals surface area contributed by atoms with Crippen LogP contribution in [0.3, 0.4) is 0 Å². The topological polar surface area (TPSA) is 79.4 Å². The summed E-state index contributed by atoms with van der Waals surface area (Å²) in [7, 11) is 0. The molecule has 5 rings (SSSR count). The smallest absolute Gasteiger partial charge is 0.416 e. The number of ketones is 1. The minimum atomic E-state index is -4.64. The summed E-state index contributed by atoms with van der Waals surface area (Å²) in [6.45, 7) is 7.93. The molecule has 0 bridgehead atoms. The Kier molecular flexibility index (Phi) is 8.38. The standard InChI is InChI=1S/C34H30BrClF3N3O2/c1-18-11-19(2)22(12-20(18)17-44-29-8-6-5-7-24(29)35)30-23(16-40)32(41)42(27-14-33(3,4)15-28(43)31(27)30)26-13-21(34(37,38)39)9-10-25(26)36/h5-13,30H,14-15,17,41H2,1-4H3. The highest BCUT2D eigenvalue weighted by atomic mass is 79.9. The van der Waals surface area contributed by atoms with Crippen LogP contribution in [0.4, 0.5) is 18.9 Å². The molecule has 0 saturated heterocycles. The number of ether oxygens (including phenoxy) is 1. The van der Waals surface area contributed by atoms with Crippen LogP contribution < -0.4 is 15.4 Å². The first-order chi connectivity index (χ1) is 20.6. The quantitative estimate of drug-likeness (QED) is 0.290. The maximum Gasteiger partial charge on any atom is 0.416 e. The van der Waals surface area contributed by atoms with E-state index in [0.29, 0.717) is 29.0 Å². The van der Waals surface area contributed by atoms with Crippen molar-refractivity contribution in [2.75, 3.05) is 4.90 Å². The predicted molar refractivity (Wildman–Crippen MR) is 168 cm³/mol. The normalized spacial score (nSPS) is 18.3. The van der Waals surface area contributed by atoms with Crippen LogP contribution in [0, 0.1) is 30.6 Å². The summed E-state index contributed by atoms with van der Waals surface area (Å²) in [6, 6.07) is 16.5. The number of allylic oxidation sites excluding steroid dienone is 3. The van der Waals surface area contributed by atoms with Gasteiger partial charge in [-0.3, -0.25) is 9.69 Å². The van der Waals surface area contributed by atoms with E-state index in [2.05, 4.69) is 22.0 Å². The van der Waals surface area contributed by atoms with Crippen LogP contribution in [-0.4, -0.2) is 5.78 Å². The molecule has 0 radical (unpaired) electrons. The molecule has 3 aromatic carbocycles. The molecule has 1 atom stereocenters. The third kappa shape index (κ3) is 5.85. The fraction of sp³-hybridized carbons (Fsp3) is 0.294. The van der Waals surface area contributed by atoms with Gasteiger partial charge >= 0.3 is 6.18 Å². The number of halogens is 5. The summed E-state index contributed by atoms with van der Waals surface area (Å²) in [5.74, 6) is -0.409. The molecule has 3 aromatic rings. The largest absolute Gasteiger partial charge is 0.488 e. The number of anilines is 1. The third-order valence-electron chi connectivity index (χ3n) is 8.15. The molecule has 0 spiro atoms. The lowest BCUT2D eigenvalue weighted by molar-refractivity contribution is -0.137. The average Bonchev–Trinajstić information content (AvgIpc) is 2.92. The van der Waals surface area contributed by atoms with Gasteiger partial charge in [-0.1, -0.05) is 49.7 Å². The van der Waals surface area contributed by atoms with Gasteiger partial charge in [0.25, 0.3) is 0 Å². The van der Waals surface area contributed by atoms with Crippen molar-refractivity contribution < 1.29 is 22.7 Å². The number of hydrogen-bond donors (Lipinski definition) is 1. The van der Waals surface area contributed by atoms with E-state index < -0.39 is 23.1 Å². The minimum Gasteiger partial charge on any atom is -0.488 e. The molecule has 2 N–H and O–H groups in total. The SMILES string of the molecule is Cc1cc(C)c(C2C(C#N)=C(N)N(c3cc(C(F)(F)F)ccc3Cl)C3=C2C(=O)CC(C)(C)C3)cc1COc1ccccc1Br. The summed E-state index contributed by atoms with van der Waals surface area (Å²) in [6.07, 6.45) is -4.10. The first-order valence-corrected chi connectivity index (χ1v) is 15.1. The lowest BCUT2D eigenvalue weighted by Gasteiger charge is -2.44. The van der Waals surface area contributed by atoms with E-state index in [-0.39, 0.29) is 40.9 Å². The summed E-state index contributed by atoms with van der Waals surface area (Å²) in [5.41, 5.74) is 9.45. The highest BCUT2D eigenvalue weighted by Gasteiger charge is 2.46. The molecule has 1 aliphatic heterocycles. The second kappa shape index (κ2) is 11.6. The van der Waals surface area contributed by atoms with Crippen LogP contribution >= 0.6 is 27.5 Å². The highest BCUT2D eigenvalue weighted by Crippen LogP contribution is 2.52. The maximum atomic E-state index is 14.0. The number of carbonyl (C=O) groups is 1. The van der Waals surface area contributed by atoms with Crippen LogP contribution in [0.15, 0.2) is 81.7 Å². The molecule has 1 aliphatic carbocycles. The molecule has 1 heterocycles. The van der Waals surface area contributed by atoms with Crippen molar-refractivity contribution >= 4 is 39.0 Å². The fourth-order valence-corrected chi connectivity index (χ4v) is 6.66. The summed E-state index contributed by atoms with van der Waals surface area (Å²) in [5, 5.41) is 10.5. The average molecular weight is 685 g/mol. The van der Waals surface area contributed by atoms with Crippen LogP contribution in [0.25, 0.3) is 0 Å². The van der Waals surface area contributed by atoms with Crippen molar-refractivity contribution in [1.29, 1.82) is 5.26 Å². The molecule has 1 unspecified atom stereocenters. The zero-order valence-electron chi connectivity index (χ0n) is 24.6. The van der Waals surface area contributed by atoms with E-state index >= 15 is 0 Å². The first kappa shape index (κ1) is 31.7. The molecule has 5 nitrogen and oxygen atoms in total. The van der Waals surface area contributed by atoms with Gasteiger partial charge in [-0.2, -0.15) is 18.4 Å². The van der Waals surface area contributed by atoms with E-state index in [9.17, 15) is 23.2 Å². The Morgan fingerprint density at radius 2 is 1.82 bits per heavy atom. The molecular formula is C34H30BrClF3N3O2. The number of para-hydroxylation sites is 1. The number of nitrogens with two attached hydrogens (primary N) is 1. The summed E-state index contributed by atoms with van der Waals surface area (Å²) in [4.78, 5) is 15.4. The third-order valence-corrected chi connectivity index (χ3v) is 9.13. The number of alkyl halides is 3. The summed E-state index contributed by atoms with van der Waals surface area (Å²) >= 11 is 9.99. The van der Waals surface area contributed by atoms with Crippen LogP contribution in [-0.2, 0) is 17.6 Å². The summed E-state index contributed by atoms with van der Waals surface area (Å²) < 4.78 is 48.2. The first-order valence-electron chi connectivity index (χ1n) is 13.9. The van der Waals surface area contributed by atoms with Crippen molar-refractivity contribution in [3.05, 3.63) is 115 Å². The van der Waals surface area contributed by atoms with E-state index in [1.807, 2.05) is 64.1 Å². The number of Topliss-reactive ketones (excluding diaryl/α,β-unsaturated/α-hetero) is 1. The second-order valence-electron chi connectivity index (χ2n) is 12.0. The molecule has 0 fully saturated rings. The second-order valence-corrected chi connectivity index (χ2v) is 13.3. The van der Waals surface area contributed by atoms with E-state index in [1.165, 1.54) is 4.90 Å². The number of hydrogen-bond acceptors (Lipinski definition) is 5. The molecule has 10 heteroatoms. The Morgan fingerprint density at radius 1 is 1.11 bits per heavy atom. The predicted octanol–water partition coefficient (Wildman–Crippen LogP) is 9.26. The number of nitriles is 1. The Hall–Kier alpha value is -3.74. The number of aryl methyl sites for hydroxylation is 2. The van der Waals surface area contributed by atoms with Gasteiger partial charge in [-0.15, -0.1) is 0 Å². The van der Waals surface area contributed by atoms with Crippen LogP contribution in [0.2, 0.25) is 5.02 Å². The lowest BCUT2D eigenvalue weighted by atomic mass is 9.68. The molecule has 0 saturated carbocycles. The molecule has 2 aliphatic rings. The zero-order chi connectivity index (χ0) is 32.1. The fourth-order valence-electron chi connectivity index (χ4n) is 6.06. The number of nitrogens with zero attached hydrogens (tertiary/aromatic N) is 2. The molecule has 0 aromatic heterocycles. The van der Waals surface area contributed by atoms with Crippen molar-refractivity contribution in [3.63, 3.8) is 0 Å². The van der Waals surface area contributed by atoms with Crippen LogP contribution in [0.1, 0.15) is 60.4 Å². The van der Waals surface area contributed by atoms with E-state index in [0.717, 1.165) is 39.4 Å². The van der Waals surface area contributed by atoms with Gasteiger partial charge in [0, 0.05) is 17.7 Å². The Bertz CT molecular complexity index is 1790. The van der Waals surface area contributed by atoms with E-state index in [1.54, 1.807) is 0 Å².